The van der Waals surface area contributed by atoms with Gasteiger partial charge in [0.05, 0.1) is 6.54 Å². The molecule has 3 rings (SSSR count). The van der Waals surface area contributed by atoms with E-state index in [-0.39, 0.29) is 17.8 Å². The maximum Gasteiger partial charge on any atom is 0.134 e. The minimum Gasteiger partial charge on any atom is -0.460 e. The van der Waals surface area contributed by atoms with Gasteiger partial charge in [-0.1, -0.05) is 25.1 Å². The summed E-state index contributed by atoms with van der Waals surface area (Å²) in [6.45, 7) is 6.12. The average Bonchev–Trinajstić information content (AvgIpc) is 2.93. The average molecular weight is 281 g/mol. The standard InChI is InChI=1S/C15H20N2O.ClH/c1-15(10-16)6-7-17(11-15)9-13-8-12-4-2-3-5-14(12)18-13;/h2-5,8H,6-7,9-11,16H2,1H3;1H. The Kier molecular flexibility index (Phi) is 4.19. The molecule has 1 aliphatic heterocycles. The van der Waals surface area contributed by atoms with Crippen molar-refractivity contribution in [2.24, 2.45) is 11.1 Å². The molecule has 1 aromatic heterocycles. The quantitative estimate of drug-likeness (QED) is 0.940. The molecule has 0 radical (unpaired) electrons. The molecule has 1 aliphatic rings. The maximum atomic E-state index is 5.86. The zero-order valence-corrected chi connectivity index (χ0v) is 12.1. The molecule has 1 atom stereocenters. The van der Waals surface area contributed by atoms with Crippen molar-refractivity contribution in [1.29, 1.82) is 0 Å². The van der Waals surface area contributed by atoms with Gasteiger partial charge in [-0.25, -0.2) is 0 Å². The van der Waals surface area contributed by atoms with Crippen LogP contribution in [0, 0.1) is 5.41 Å². The molecule has 19 heavy (non-hydrogen) atoms. The Bertz CT molecular complexity index is 521. The molecule has 4 heteroatoms. The highest BCUT2D eigenvalue weighted by Gasteiger charge is 2.32. The lowest BCUT2D eigenvalue weighted by molar-refractivity contribution is 0.258. The highest BCUT2D eigenvalue weighted by Crippen LogP contribution is 2.30. The van der Waals surface area contributed by atoms with E-state index in [1.807, 2.05) is 18.2 Å². The Balaban J connectivity index is 0.00000133. The molecule has 1 fully saturated rings. The van der Waals surface area contributed by atoms with Crippen molar-refractivity contribution < 1.29 is 4.42 Å². The third-order valence-electron chi connectivity index (χ3n) is 3.99. The third kappa shape index (κ3) is 2.94. The molecule has 104 valence electrons. The highest BCUT2D eigenvalue weighted by molar-refractivity contribution is 5.85. The lowest BCUT2D eigenvalue weighted by Crippen LogP contribution is -2.31. The van der Waals surface area contributed by atoms with E-state index in [1.165, 1.54) is 11.8 Å². The first-order valence-corrected chi connectivity index (χ1v) is 6.58. The SMILES string of the molecule is CC1(CN)CCN(Cc2cc3ccccc3o2)C1.Cl. The zero-order chi connectivity index (χ0) is 12.6. The molecule has 1 unspecified atom stereocenters. The molecule has 2 heterocycles. The zero-order valence-electron chi connectivity index (χ0n) is 11.3. The molecule has 0 spiro atoms. The number of likely N-dealkylation sites (tertiary alicyclic amines) is 1. The summed E-state index contributed by atoms with van der Waals surface area (Å²) < 4.78 is 5.86. The van der Waals surface area contributed by atoms with Crippen LogP contribution in [0.3, 0.4) is 0 Å². The van der Waals surface area contributed by atoms with Gasteiger partial charge in [0.25, 0.3) is 0 Å². The van der Waals surface area contributed by atoms with Gasteiger partial charge in [0, 0.05) is 11.9 Å². The van der Waals surface area contributed by atoms with Gasteiger partial charge in [0.1, 0.15) is 11.3 Å². The van der Waals surface area contributed by atoms with Crippen LogP contribution in [0.5, 0.6) is 0 Å². The molecule has 0 amide bonds. The van der Waals surface area contributed by atoms with Crippen molar-refractivity contribution in [3.63, 3.8) is 0 Å². The fraction of sp³-hybridized carbons (Fsp3) is 0.467. The summed E-state index contributed by atoms with van der Waals surface area (Å²) >= 11 is 0. The number of hydrogen-bond donors (Lipinski definition) is 1. The Morgan fingerprint density at radius 1 is 1.37 bits per heavy atom. The monoisotopic (exact) mass is 280 g/mol. The topological polar surface area (TPSA) is 42.4 Å². The lowest BCUT2D eigenvalue weighted by atomic mass is 9.90. The summed E-state index contributed by atoms with van der Waals surface area (Å²) in [4.78, 5) is 2.44. The summed E-state index contributed by atoms with van der Waals surface area (Å²) in [5.74, 6) is 1.05. The van der Waals surface area contributed by atoms with Crippen LogP contribution in [-0.4, -0.2) is 24.5 Å². The van der Waals surface area contributed by atoms with E-state index in [0.29, 0.717) is 0 Å². The first-order valence-electron chi connectivity index (χ1n) is 6.58. The Labute approximate surface area is 120 Å². The van der Waals surface area contributed by atoms with E-state index in [0.717, 1.165) is 37.5 Å². The van der Waals surface area contributed by atoms with Crippen molar-refractivity contribution in [3.05, 3.63) is 36.1 Å². The largest absolute Gasteiger partial charge is 0.460 e. The van der Waals surface area contributed by atoms with Crippen LogP contribution in [-0.2, 0) is 6.54 Å². The van der Waals surface area contributed by atoms with E-state index < -0.39 is 0 Å². The van der Waals surface area contributed by atoms with Gasteiger partial charge in [-0.15, -0.1) is 12.4 Å². The summed E-state index contributed by atoms with van der Waals surface area (Å²) in [5, 5.41) is 1.19. The number of halogens is 1. The van der Waals surface area contributed by atoms with Crippen molar-refractivity contribution in [2.45, 2.75) is 19.9 Å². The first-order chi connectivity index (χ1) is 8.68. The third-order valence-corrected chi connectivity index (χ3v) is 3.99. The molecule has 0 saturated carbocycles. The fourth-order valence-electron chi connectivity index (χ4n) is 2.76. The number of fused-ring (bicyclic) bond motifs is 1. The molecule has 2 N–H and O–H groups in total. The minimum atomic E-state index is 0. The number of nitrogens with two attached hydrogens (primary N) is 1. The van der Waals surface area contributed by atoms with Gasteiger partial charge < -0.3 is 10.2 Å². The van der Waals surface area contributed by atoms with Gasteiger partial charge in [-0.3, -0.25) is 4.90 Å². The first kappa shape index (κ1) is 14.4. The van der Waals surface area contributed by atoms with Crippen LogP contribution < -0.4 is 5.73 Å². The van der Waals surface area contributed by atoms with E-state index in [1.54, 1.807) is 0 Å². The van der Waals surface area contributed by atoms with Crippen LogP contribution in [0.4, 0.5) is 0 Å². The molecular weight excluding hydrogens is 260 g/mol. The number of nitrogens with zero attached hydrogens (tertiary/aromatic N) is 1. The summed E-state index contributed by atoms with van der Waals surface area (Å²) in [6, 6.07) is 10.3. The Hall–Kier alpha value is -1.03. The van der Waals surface area contributed by atoms with Crippen LogP contribution in [0.25, 0.3) is 11.0 Å². The molecule has 1 saturated heterocycles. The number of benzene rings is 1. The van der Waals surface area contributed by atoms with Gasteiger partial charge in [-0.05, 0) is 37.1 Å². The maximum absolute atomic E-state index is 5.86. The smallest absolute Gasteiger partial charge is 0.134 e. The summed E-state index contributed by atoms with van der Waals surface area (Å²) in [6.07, 6.45) is 1.18. The van der Waals surface area contributed by atoms with Gasteiger partial charge in [0.2, 0.25) is 0 Å². The van der Waals surface area contributed by atoms with Gasteiger partial charge in [-0.2, -0.15) is 0 Å². The number of hydrogen-bond acceptors (Lipinski definition) is 3. The summed E-state index contributed by atoms with van der Waals surface area (Å²) in [7, 11) is 0. The molecule has 2 aromatic rings. The predicted octanol–water partition coefficient (Wildman–Crippen LogP) is 3.03. The van der Waals surface area contributed by atoms with Crippen LogP contribution in [0.15, 0.2) is 34.7 Å². The Morgan fingerprint density at radius 3 is 2.84 bits per heavy atom. The number of furan rings is 1. The van der Waals surface area contributed by atoms with E-state index in [2.05, 4.69) is 24.0 Å². The molecular formula is C15H21ClN2O. The van der Waals surface area contributed by atoms with Crippen LogP contribution >= 0.6 is 12.4 Å². The van der Waals surface area contributed by atoms with Crippen molar-refractivity contribution >= 4 is 23.4 Å². The molecule has 1 aromatic carbocycles. The van der Waals surface area contributed by atoms with Gasteiger partial charge in [0.15, 0.2) is 0 Å². The highest BCUT2D eigenvalue weighted by atomic mass is 35.5. The fourth-order valence-corrected chi connectivity index (χ4v) is 2.76. The normalized spacial score (nSPS) is 23.7. The number of para-hydroxylation sites is 1. The van der Waals surface area contributed by atoms with Crippen LogP contribution in [0.1, 0.15) is 19.1 Å². The van der Waals surface area contributed by atoms with E-state index >= 15 is 0 Å². The second kappa shape index (κ2) is 5.53. The number of rotatable bonds is 3. The van der Waals surface area contributed by atoms with Crippen molar-refractivity contribution in [3.8, 4) is 0 Å². The lowest BCUT2D eigenvalue weighted by Gasteiger charge is -2.21. The second-order valence-electron chi connectivity index (χ2n) is 5.73. The van der Waals surface area contributed by atoms with E-state index in [4.69, 9.17) is 10.2 Å². The van der Waals surface area contributed by atoms with Crippen molar-refractivity contribution in [2.75, 3.05) is 19.6 Å². The minimum absolute atomic E-state index is 0. The second-order valence-corrected chi connectivity index (χ2v) is 5.73. The predicted molar refractivity (Wildman–Crippen MR) is 80.5 cm³/mol. The van der Waals surface area contributed by atoms with Crippen LogP contribution in [0.2, 0.25) is 0 Å². The summed E-state index contributed by atoms with van der Waals surface area (Å²) in [5.41, 5.74) is 7.10. The van der Waals surface area contributed by atoms with E-state index in [9.17, 15) is 0 Å². The molecule has 3 nitrogen and oxygen atoms in total. The molecule has 0 bridgehead atoms. The van der Waals surface area contributed by atoms with Crippen molar-refractivity contribution in [1.82, 2.24) is 4.90 Å². The Morgan fingerprint density at radius 2 is 2.16 bits per heavy atom. The van der Waals surface area contributed by atoms with Gasteiger partial charge >= 0.3 is 0 Å². The molecule has 0 aliphatic carbocycles.